The van der Waals surface area contributed by atoms with Crippen molar-refractivity contribution in [2.45, 2.75) is 12.8 Å². The van der Waals surface area contributed by atoms with Crippen molar-refractivity contribution in [2.75, 3.05) is 5.32 Å². The first-order valence-corrected chi connectivity index (χ1v) is 8.55. The number of nitrogens with one attached hydrogen (secondary N) is 2. The molecule has 1 amide bonds. The summed E-state index contributed by atoms with van der Waals surface area (Å²) in [5.74, 6) is -1.33. The Morgan fingerprint density at radius 1 is 1.19 bits per heavy atom. The Balaban J connectivity index is 1.99. The largest absolute Gasteiger partial charge is 0.384 e. The average Bonchev–Trinajstić information content (AvgIpc) is 2.63. The van der Waals surface area contributed by atoms with Crippen LogP contribution in [0.15, 0.2) is 66.0 Å². The van der Waals surface area contributed by atoms with Gasteiger partial charge < -0.3 is 16.4 Å². The van der Waals surface area contributed by atoms with Crippen molar-refractivity contribution >= 4 is 28.8 Å². The summed E-state index contributed by atoms with van der Waals surface area (Å²) < 4.78 is 0. The van der Waals surface area contributed by atoms with Crippen molar-refractivity contribution in [1.29, 1.82) is 5.26 Å². The molecule has 2 aromatic rings. The summed E-state index contributed by atoms with van der Waals surface area (Å²) in [5.41, 5.74) is 8.88. The van der Waals surface area contributed by atoms with Gasteiger partial charge in [-0.3, -0.25) is 4.79 Å². The Labute approximate surface area is 157 Å². The second-order valence-corrected chi connectivity index (χ2v) is 6.59. The van der Waals surface area contributed by atoms with Crippen molar-refractivity contribution in [2.24, 2.45) is 11.7 Å². The Hall–Kier alpha value is -3.17. The molecule has 0 bridgehead atoms. The van der Waals surface area contributed by atoms with Gasteiger partial charge in [0.25, 0.3) is 0 Å². The van der Waals surface area contributed by atoms with E-state index in [2.05, 4.69) is 16.7 Å². The number of amides is 1. The van der Waals surface area contributed by atoms with E-state index < -0.39 is 11.8 Å². The van der Waals surface area contributed by atoms with Gasteiger partial charge in [-0.15, -0.1) is 0 Å². The summed E-state index contributed by atoms with van der Waals surface area (Å²) in [7, 11) is 0. The van der Waals surface area contributed by atoms with Gasteiger partial charge in [0, 0.05) is 11.6 Å². The number of hydrogen-bond donors (Lipinski definition) is 3. The normalized spacial score (nSPS) is 19.5. The zero-order valence-electron chi connectivity index (χ0n) is 14.2. The van der Waals surface area contributed by atoms with Crippen LogP contribution in [0.4, 0.5) is 5.69 Å². The van der Waals surface area contributed by atoms with E-state index in [1.807, 2.05) is 61.5 Å². The molecule has 1 aliphatic rings. The first-order valence-electron chi connectivity index (χ1n) is 8.14. The molecule has 130 valence electrons. The maximum absolute atomic E-state index is 13.0. The van der Waals surface area contributed by atoms with Crippen molar-refractivity contribution in [1.82, 2.24) is 5.32 Å². The molecule has 3 rings (SSSR count). The number of rotatable bonds is 3. The highest BCUT2D eigenvalue weighted by atomic mass is 32.1. The van der Waals surface area contributed by atoms with Gasteiger partial charge >= 0.3 is 0 Å². The van der Waals surface area contributed by atoms with Gasteiger partial charge in [-0.2, -0.15) is 5.26 Å². The summed E-state index contributed by atoms with van der Waals surface area (Å²) in [4.78, 5) is 13.3. The lowest BCUT2D eigenvalue weighted by atomic mass is 9.78. The molecule has 0 aliphatic carbocycles. The highest BCUT2D eigenvalue weighted by Gasteiger charge is 2.40. The van der Waals surface area contributed by atoms with Crippen molar-refractivity contribution in [3.8, 4) is 6.07 Å². The Bertz CT molecular complexity index is 913. The molecule has 0 saturated carbocycles. The molecule has 0 radical (unpaired) electrons. The third kappa shape index (κ3) is 3.44. The van der Waals surface area contributed by atoms with Crippen LogP contribution in [0.25, 0.3) is 0 Å². The fourth-order valence-corrected chi connectivity index (χ4v) is 3.39. The number of carbonyl (C=O) groups excluding carboxylic acids is 1. The lowest BCUT2D eigenvalue weighted by molar-refractivity contribution is -0.118. The van der Waals surface area contributed by atoms with Crippen LogP contribution < -0.4 is 16.4 Å². The van der Waals surface area contributed by atoms with E-state index in [1.165, 1.54) is 0 Å². The molecular formula is C20H18N4OS. The second kappa shape index (κ2) is 7.38. The maximum Gasteiger partial charge on any atom is 0.235 e. The van der Waals surface area contributed by atoms with Gasteiger partial charge in [-0.25, -0.2) is 0 Å². The maximum atomic E-state index is 13.0. The van der Waals surface area contributed by atoms with Crippen molar-refractivity contribution in [3.63, 3.8) is 0 Å². The Morgan fingerprint density at radius 2 is 1.85 bits per heavy atom. The van der Waals surface area contributed by atoms with E-state index in [0.29, 0.717) is 16.2 Å². The molecule has 1 aliphatic heterocycles. The minimum Gasteiger partial charge on any atom is -0.384 e. The zero-order valence-corrected chi connectivity index (χ0v) is 15.0. The number of allylic oxidation sites excluding steroid dienone is 1. The molecule has 1 heterocycles. The number of thiocarbonyl (C=S) groups is 1. The molecule has 26 heavy (non-hydrogen) atoms. The minimum atomic E-state index is -0.726. The molecule has 6 heteroatoms. The van der Waals surface area contributed by atoms with E-state index >= 15 is 0 Å². The molecule has 0 fully saturated rings. The number of benzene rings is 2. The minimum absolute atomic E-state index is 0.200. The molecule has 0 saturated heterocycles. The summed E-state index contributed by atoms with van der Waals surface area (Å²) in [6, 6.07) is 19.0. The number of hydrogen-bond acceptors (Lipinski definition) is 4. The summed E-state index contributed by atoms with van der Waals surface area (Å²) in [6.45, 7) is 1.98. The van der Waals surface area contributed by atoms with Crippen LogP contribution in [0.2, 0.25) is 0 Å². The molecule has 0 spiro atoms. The van der Waals surface area contributed by atoms with Gasteiger partial charge in [0.15, 0.2) is 0 Å². The van der Waals surface area contributed by atoms with Crippen LogP contribution in [0, 0.1) is 24.2 Å². The van der Waals surface area contributed by atoms with Crippen LogP contribution in [0.1, 0.15) is 17.0 Å². The van der Waals surface area contributed by atoms with E-state index in [4.69, 9.17) is 18.0 Å². The molecule has 4 N–H and O–H groups in total. The first kappa shape index (κ1) is 17.6. The predicted octanol–water partition coefficient (Wildman–Crippen LogP) is 2.96. The van der Waals surface area contributed by atoms with Gasteiger partial charge in [-0.1, -0.05) is 60.2 Å². The van der Waals surface area contributed by atoms with E-state index in [0.717, 1.165) is 11.1 Å². The van der Waals surface area contributed by atoms with Gasteiger partial charge in [-0.05, 0) is 24.6 Å². The molecule has 0 aromatic heterocycles. The van der Waals surface area contributed by atoms with Crippen LogP contribution >= 0.6 is 12.2 Å². The SMILES string of the molecule is Cc1ccc(NC(=O)[C@@H]2C(=S)NC(N)=C(C#N)[C@H]2c2ccccc2)cc1. The number of aryl methyl sites for hydroxylation is 1. The van der Waals surface area contributed by atoms with Crippen LogP contribution in [0.3, 0.4) is 0 Å². The van der Waals surface area contributed by atoms with E-state index in [9.17, 15) is 10.1 Å². The average molecular weight is 362 g/mol. The van der Waals surface area contributed by atoms with Crippen LogP contribution in [-0.4, -0.2) is 10.9 Å². The molecule has 0 unspecified atom stereocenters. The molecule has 5 nitrogen and oxygen atoms in total. The van der Waals surface area contributed by atoms with Gasteiger partial charge in [0.05, 0.1) is 16.6 Å². The summed E-state index contributed by atoms with van der Waals surface area (Å²) in [6.07, 6.45) is 0. The third-order valence-corrected chi connectivity index (χ3v) is 4.71. The molecule has 2 aromatic carbocycles. The topological polar surface area (TPSA) is 90.9 Å². The number of carbonyl (C=O) groups is 1. The zero-order chi connectivity index (χ0) is 18.7. The molecule has 2 atom stereocenters. The highest BCUT2D eigenvalue weighted by molar-refractivity contribution is 7.80. The van der Waals surface area contributed by atoms with E-state index in [1.54, 1.807) is 0 Å². The quantitative estimate of drug-likeness (QED) is 0.730. The fourth-order valence-electron chi connectivity index (χ4n) is 3.04. The smallest absolute Gasteiger partial charge is 0.235 e. The highest BCUT2D eigenvalue weighted by Crippen LogP contribution is 2.36. The number of nitriles is 1. The Morgan fingerprint density at radius 3 is 2.46 bits per heavy atom. The standard InChI is InChI=1S/C20H18N4OS/c1-12-7-9-14(10-8-12)23-19(25)17-16(13-5-3-2-4-6-13)15(11-21)18(22)24-20(17)26/h2-10,16-17H,22H2,1H3,(H,23,25)(H,24,26)/t16-,17-/m1/s1. The Kier molecular flexibility index (Phi) is 5.01. The number of nitrogens with two attached hydrogens (primary N) is 1. The fraction of sp³-hybridized carbons (Fsp3) is 0.150. The summed E-state index contributed by atoms with van der Waals surface area (Å²) >= 11 is 5.40. The van der Waals surface area contributed by atoms with Crippen molar-refractivity contribution < 1.29 is 4.79 Å². The predicted molar refractivity (Wildman–Crippen MR) is 105 cm³/mol. The van der Waals surface area contributed by atoms with Crippen molar-refractivity contribution in [3.05, 3.63) is 77.1 Å². The van der Waals surface area contributed by atoms with E-state index in [-0.39, 0.29) is 11.7 Å². The van der Waals surface area contributed by atoms with Gasteiger partial charge in [0.1, 0.15) is 11.7 Å². The van der Waals surface area contributed by atoms with Crippen LogP contribution in [-0.2, 0) is 4.79 Å². The monoisotopic (exact) mass is 362 g/mol. The van der Waals surface area contributed by atoms with Gasteiger partial charge in [0.2, 0.25) is 5.91 Å². The summed E-state index contributed by atoms with van der Waals surface area (Å²) in [5, 5.41) is 15.3. The third-order valence-electron chi connectivity index (χ3n) is 4.36. The lowest BCUT2D eigenvalue weighted by Gasteiger charge is -2.32. The van der Waals surface area contributed by atoms with Crippen LogP contribution in [0.5, 0.6) is 0 Å². The number of nitrogens with zero attached hydrogens (tertiary/aromatic N) is 1. The lowest BCUT2D eigenvalue weighted by Crippen LogP contribution is -2.46. The first-order chi connectivity index (χ1) is 12.5. The molecular weight excluding hydrogens is 344 g/mol. The second-order valence-electron chi connectivity index (χ2n) is 6.15. The number of anilines is 1.